The zero-order valence-corrected chi connectivity index (χ0v) is 9.95. The highest BCUT2D eigenvalue weighted by atomic mass is 16.2. The molecule has 4 N–H and O–H groups in total. The highest BCUT2D eigenvalue weighted by Gasteiger charge is 2.24. The van der Waals surface area contributed by atoms with E-state index in [1.807, 2.05) is 13.8 Å². The minimum atomic E-state index is -0.529. The number of carbonyl (C=O) groups excluding carboxylic acids is 2. The van der Waals surface area contributed by atoms with Gasteiger partial charge < -0.3 is 16.4 Å². The van der Waals surface area contributed by atoms with Crippen molar-refractivity contribution in [2.45, 2.75) is 45.2 Å². The maximum absolute atomic E-state index is 11.5. The summed E-state index contributed by atoms with van der Waals surface area (Å²) in [7, 11) is 0. The second kappa shape index (κ2) is 5.84. The number of nitrogens with two attached hydrogens (primary N) is 1. The largest absolute Gasteiger partial charge is 0.352 e. The molecule has 5 heteroatoms. The van der Waals surface area contributed by atoms with E-state index in [1.165, 1.54) is 0 Å². The van der Waals surface area contributed by atoms with E-state index in [0.717, 1.165) is 19.3 Å². The standard InChI is InChI=1S/C11H21N3O2/c1-3-7(2)10(12)11(16)13-6-9(15)14-8-4-5-8/h7-8,10H,3-6,12H2,1-2H3,(H,13,16)(H,14,15)/t7?,10-/m0/s1. The molecule has 0 aliphatic heterocycles. The molecular formula is C11H21N3O2. The van der Waals surface area contributed by atoms with Gasteiger partial charge in [-0.2, -0.15) is 0 Å². The maximum atomic E-state index is 11.5. The Labute approximate surface area is 96.1 Å². The summed E-state index contributed by atoms with van der Waals surface area (Å²) in [5.74, 6) is -0.251. The molecule has 0 aromatic carbocycles. The Morgan fingerprint density at radius 1 is 1.44 bits per heavy atom. The van der Waals surface area contributed by atoms with Gasteiger partial charge in [0.25, 0.3) is 0 Å². The summed E-state index contributed by atoms with van der Waals surface area (Å²) in [6.07, 6.45) is 2.95. The van der Waals surface area contributed by atoms with Crippen LogP contribution in [0.2, 0.25) is 0 Å². The number of hydrogen-bond acceptors (Lipinski definition) is 3. The molecule has 1 aliphatic carbocycles. The summed E-state index contributed by atoms with van der Waals surface area (Å²) in [6.45, 7) is 3.94. The molecule has 2 atom stereocenters. The van der Waals surface area contributed by atoms with Gasteiger partial charge in [0.2, 0.25) is 11.8 Å². The molecule has 1 rings (SSSR count). The van der Waals surface area contributed by atoms with E-state index < -0.39 is 6.04 Å². The topological polar surface area (TPSA) is 84.2 Å². The predicted octanol–water partition coefficient (Wildman–Crippen LogP) is -0.245. The SMILES string of the molecule is CCC(C)[C@H](N)C(=O)NCC(=O)NC1CC1. The van der Waals surface area contributed by atoms with Gasteiger partial charge in [-0.15, -0.1) is 0 Å². The average molecular weight is 227 g/mol. The van der Waals surface area contributed by atoms with E-state index >= 15 is 0 Å². The van der Waals surface area contributed by atoms with Gasteiger partial charge in [0.15, 0.2) is 0 Å². The Balaban J connectivity index is 2.19. The van der Waals surface area contributed by atoms with Gasteiger partial charge in [-0.25, -0.2) is 0 Å². The normalized spacial score (nSPS) is 18.7. The first-order chi connectivity index (χ1) is 7.54. The van der Waals surface area contributed by atoms with E-state index in [9.17, 15) is 9.59 Å². The average Bonchev–Trinajstić information content (AvgIpc) is 3.07. The van der Waals surface area contributed by atoms with Gasteiger partial charge in [-0.3, -0.25) is 9.59 Å². The number of nitrogens with one attached hydrogen (secondary N) is 2. The van der Waals surface area contributed by atoms with Crippen molar-refractivity contribution < 1.29 is 9.59 Å². The Kier molecular flexibility index (Phi) is 4.73. The van der Waals surface area contributed by atoms with Crippen LogP contribution in [0.25, 0.3) is 0 Å². The van der Waals surface area contributed by atoms with Crippen LogP contribution in [0.15, 0.2) is 0 Å². The Hall–Kier alpha value is -1.10. The molecule has 0 bridgehead atoms. The summed E-state index contributed by atoms with van der Waals surface area (Å²) in [5, 5.41) is 5.35. The lowest BCUT2D eigenvalue weighted by molar-refractivity contribution is -0.127. The van der Waals surface area contributed by atoms with Gasteiger partial charge in [-0.1, -0.05) is 20.3 Å². The molecule has 92 valence electrons. The van der Waals surface area contributed by atoms with Crippen LogP contribution in [0.4, 0.5) is 0 Å². The summed E-state index contributed by atoms with van der Waals surface area (Å²) in [5.41, 5.74) is 5.73. The third kappa shape index (κ3) is 4.18. The van der Waals surface area contributed by atoms with Crippen LogP contribution in [0, 0.1) is 5.92 Å². The molecule has 0 spiro atoms. The van der Waals surface area contributed by atoms with Crippen LogP contribution < -0.4 is 16.4 Å². The van der Waals surface area contributed by atoms with Gasteiger partial charge in [0.1, 0.15) is 0 Å². The highest BCUT2D eigenvalue weighted by molar-refractivity contribution is 5.87. The quantitative estimate of drug-likeness (QED) is 0.585. The molecule has 1 fully saturated rings. The minimum absolute atomic E-state index is 0.0272. The third-order valence-electron chi connectivity index (χ3n) is 2.93. The summed E-state index contributed by atoms with van der Waals surface area (Å²) >= 11 is 0. The minimum Gasteiger partial charge on any atom is -0.352 e. The molecule has 0 heterocycles. The molecule has 16 heavy (non-hydrogen) atoms. The summed E-state index contributed by atoms with van der Waals surface area (Å²) in [4.78, 5) is 22.8. The number of rotatable bonds is 6. The fourth-order valence-electron chi connectivity index (χ4n) is 1.30. The van der Waals surface area contributed by atoms with E-state index in [0.29, 0.717) is 6.04 Å². The highest BCUT2D eigenvalue weighted by Crippen LogP contribution is 2.18. The molecule has 2 amide bonds. The van der Waals surface area contributed by atoms with Crippen molar-refractivity contribution >= 4 is 11.8 Å². The molecule has 0 aromatic heterocycles. The Morgan fingerprint density at radius 3 is 2.56 bits per heavy atom. The van der Waals surface area contributed by atoms with E-state index in [-0.39, 0.29) is 24.3 Å². The zero-order valence-electron chi connectivity index (χ0n) is 9.95. The van der Waals surface area contributed by atoms with Crippen LogP contribution in [0.3, 0.4) is 0 Å². The van der Waals surface area contributed by atoms with Crippen LogP contribution in [0.5, 0.6) is 0 Å². The van der Waals surface area contributed by atoms with Gasteiger partial charge in [0, 0.05) is 6.04 Å². The van der Waals surface area contributed by atoms with E-state index in [1.54, 1.807) is 0 Å². The lowest BCUT2D eigenvalue weighted by Gasteiger charge is -2.17. The third-order valence-corrected chi connectivity index (χ3v) is 2.93. The van der Waals surface area contributed by atoms with E-state index in [2.05, 4.69) is 10.6 Å². The van der Waals surface area contributed by atoms with Crippen LogP contribution >= 0.6 is 0 Å². The second-order valence-corrected chi connectivity index (χ2v) is 4.47. The van der Waals surface area contributed by atoms with Gasteiger partial charge in [0.05, 0.1) is 12.6 Å². The van der Waals surface area contributed by atoms with Crippen molar-refractivity contribution in [2.24, 2.45) is 11.7 Å². The molecule has 1 unspecified atom stereocenters. The first-order valence-electron chi connectivity index (χ1n) is 5.87. The number of hydrogen-bond donors (Lipinski definition) is 3. The smallest absolute Gasteiger partial charge is 0.239 e. The lowest BCUT2D eigenvalue weighted by Crippen LogP contribution is -2.47. The first kappa shape index (κ1) is 13.0. The number of carbonyl (C=O) groups is 2. The fourth-order valence-corrected chi connectivity index (χ4v) is 1.30. The van der Waals surface area contributed by atoms with Crippen LogP contribution in [-0.2, 0) is 9.59 Å². The molecular weight excluding hydrogens is 206 g/mol. The van der Waals surface area contributed by atoms with Crippen LogP contribution in [-0.4, -0.2) is 30.4 Å². The summed E-state index contributed by atoms with van der Waals surface area (Å²) in [6, 6.07) is -0.202. The van der Waals surface area contributed by atoms with Crippen molar-refractivity contribution in [3.63, 3.8) is 0 Å². The monoisotopic (exact) mass is 227 g/mol. The Bertz CT molecular complexity index is 264. The first-order valence-corrected chi connectivity index (χ1v) is 5.87. The number of amides is 2. The van der Waals surface area contributed by atoms with Crippen molar-refractivity contribution in [2.75, 3.05) is 6.54 Å². The van der Waals surface area contributed by atoms with Gasteiger partial charge >= 0.3 is 0 Å². The van der Waals surface area contributed by atoms with Crippen molar-refractivity contribution in [1.82, 2.24) is 10.6 Å². The molecule has 1 aliphatic rings. The molecule has 5 nitrogen and oxygen atoms in total. The zero-order chi connectivity index (χ0) is 12.1. The second-order valence-electron chi connectivity index (χ2n) is 4.47. The molecule has 0 saturated heterocycles. The summed E-state index contributed by atoms with van der Waals surface area (Å²) < 4.78 is 0. The molecule has 1 saturated carbocycles. The van der Waals surface area contributed by atoms with Gasteiger partial charge in [-0.05, 0) is 18.8 Å². The van der Waals surface area contributed by atoms with Crippen molar-refractivity contribution in [3.8, 4) is 0 Å². The van der Waals surface area contributed by atoms with Crippen molar-refractivity contribution in [1.29, 1.82) is 0 Å². The predicted molar refractivity (Wildman–Crippen MR) is 61.6 cm³/mol. The lowest BCUT2D eigenvalue weighted by atomic mass is 9.99. The van der Waals surface area contributed by atoms with E-state index in [4.69, 9.17) is 5.73 Å². The molecule has 0 radical (unpaired) electrons. The van der Waals surface area contributed by atoms with Crippen molar-refractivity contribution in [3.05, 3.63) is 0 Å². The molecule has 0 aromatic rings. The Morgan fingerprint density at radius 2 is 2.06 bits per heavy atom. The maximum Gasteiger partial charge on any atom is 0.239 e. The van der Waals surface area contributed by atoms with Crippen LogP contribution in [0.1, 0.15) is 33.1 Å². The fraction of sp³-hybridized carbons (Fsp3) is 0.818.